The van der Waals surface area contributed by atoms with E-state index in [1.807, 2.05) is 0 Å². The third kappa shape index (κ3) is 3.47. The molecule has 0 radical (unpaired) electrons. The molecule has 1 aromatic rings. The van der Waals surface area contributed by atoms with Gasteiger partial charge in [0.25, 0.3) is 0 Å². The highest BCUT2D eigenvalue weighted by molar-refractivity contribution is 5.71. The van der Waals surface area contributed by atoms with Gasteiger partial charge in [0.05, 0.1) is 24.2 Å². The molecule has 0 spiro atoms. The molecule has 1 fully saturated rings. The molecule has 3 nitrogen and oxygen atoms in total. The van der Waals surface area contributed by atoms with Gasteiger partial charge in [0.1, 0.15) is 0 Å². The number of carboxylic acids is 1. The Morgan fingerprint density at radius 1 is 1.37 bits per heavy atom. The molecule has 1 N–H and O–H groups in total. The largest absolute Gasteiger partial charge is 0.481 e. The Kier molecular flexibility index (Phi) is 3.80. The Balaban J connectivity index is 1.86. The summed E-state index contributed by atoms with van der Waals surface area (Å²) in [4.78, 5) is 10.6. The number of carboxylic acid groups (broad SMARTS) is 1. The summed E-state index contributed by atoms with van der Waals surface area (Å²) in [6.45, 7) is 0.0704. The van der Waals surface area contributed by atoms with E-state index in [0.29, 0.717) is 18.4 Å². The van der Waals surface area contributed by atoms with E-state index in [0.717, 1.165) is 12.1 Å². The molecule has 1 aliphatic carbocycles. The third-order valence-corrected chi connectivity index (χ3v) is 3.18. The van der Waals surface area contributed by atoms with E-state index in [2.05, 4.69) is 0 Å². The first-order chi connectivity index (χ1) is 8.86. The molecule has 0 unspecified atom stereocenters. The lowest BCUT2D eigenvalue weighted by atomic mass is 9.82. The van der Waals surface area contributed by atoms with Crippen LogP contribution in [0.2, 0.25) is 0 Å². The van der Waals surface area contributed by atoms with Gasteiger partial charge < -0.3 is 9.84 Å². The van der Waals surface area contributed by atoms with Crippen LogP contribution in [0.4, 0.5) is 13.2 Å². The van der Waals surface area contributed by atoms with Crippen LogP contribution in [0.1, 0.15) is 24.0 Å². The van der Waals surface area contributed by atoms with Crippen molar-refractivity contribution in [3.8, 4) is 0 Å². The Labute approximate surface area is 108 Å². The first-order valence-electron chi connectivity index (χ1n) is 5.87. The van der Waals surface area contributed by atoms with Gasteiger partial charge in [-0.3, -0.25) is 4.79 Å². The van der Waals surface area contributed by atoms with Gasteiger partial charge in [0.2, 0.25) is 0 Å². The molecule has 0 atom stereocenters. The molecular weight excluding hydrogens is 261 g/mol. The first-order valence-corrected chi connectivity index (χ1v) is 5.87. The summed E-state index contributed by atoms with van der Waals surface area (Å²) in [5, 5.41) is 8.68. The maximum atomic E-state index is 12.5. The van der Waals surface area contributed by atoms with Crippen molar-refractivity contribution in [1.82, 2.24) is 0 Å². The first kappa shape index (κ1) is 13.9. The number of hydrogen-bond acceptors (Lipinski definition) is 2. The molecule has 1 aliphatic rings. The van der Waals surface area contributed by atoms with Crippen LogP contribution in [0.15, 0.2) is 24.3 Å². The molecule has 0 heterocycles. The van der Waals surface area contributed by atoms with Crippen LogP contribution < -0.4 is 0 Å². The Morgan fingerprint density at radius 3 is 2.63 bits per heavy atom. The minimum absolute atomic E-state index is 0.0704. The summed E-state index contributed by atoms with van der Waals surface area (Å²) in [6, 6.07) is 4.95. The molecule has 2 rings (SSSR count). The number of benzene rings is 1. The highest BCUT2D eigenvalue weighted by Gasteiger charge is 2.35. The monoisotopic (exact) mass is 274 g/mol. The molecule has 0 amide bonds. The SMILES string of the molecule is O=C(O)[C@H]1C[C@H](OCc2cccc(C(F)(F)F)c2)C1. The van der Waals surface area contributed by atoms with Crippen molar-refractivity contribution in [1.29, 1.82) is 0 Å². The summed E-state index contributed by atoms with van der Waals surface area (Å²) < 4.78 is 42.8. The second-order valence-electron chi connectivity index (χ2n) is 4.64. The minimum Gasteiger partial charge on any atom is -0.481 e. The number of rotatable bonds is 4. The molecule has 19 heavy (non-hydrogen) atoms. The van der Waals surface area contributed by atoms with Crippen LogP contribution in [0.3, 0.4) is 0 Å². The van der Waals surface area contributed by atoms with Gasteiger partial charge in [-0.2, -0.15) is 13.2 Å². The van der Waals surface area contributed by atoms with Gasteiger partial charge in [-0.15, -0.1) is 0 Å². The lowest BCUT2D eigenvalue weighted by Crippen LogP contribution is -2.36. The molecule has 104 valence electrons. The molecule has 1 aromatic carbocycles. The minimum atomic E-state index is -4.36. The fraction of sp³-hybridized carbons (Fsp3) is 0.462. The van der Waals surface area contributed by atoms with Crippen LogP contribution >= 0.6 is 0 Å². The number of aliphatic carboxylic acids is 1. The predicted molar refractivity (Wildman–Crippen MR) is 60.4 cm³/mol. The van der Waals surface area contributed by atoms with Gasteiger partial charge in [-0.1, -0.05) is 12.1 Å². The van der Waals surface area contributed by atoms with Crippen molar-refractivity contribution >= 4 is 5.97 Å². The molecule has 0 saturated heterocycles. The topological polar surface area (TPSA) is 46.5 Å². The maximum absolute atomic E-state index is 12.5. The van der Waals surface area contributed by atoms with Gasteiger partial charge in [0.15, 0.2) is 0 Å². The van der Waals surface area contributed by atoms with Gasteiger partial charge in [-0.25, -0.2) is 0 Å². The summed E-state index contributed by atoms with van der Waals surface area (Å²) in [5.74, 6) is -1.23. The van der Waals surface area contributed by atoms with Crippen molar-refractivity contribution in [3.05, 3.63) is 35.4 Å². The van der Waals surface area contributed by atoms with E-state index in [1.54, 1.807) is 6.07 Å². The normalized spacial score (nSPS) is 22.9. The Bertz CT molecular complexity index is 464. The van der Waals surface area contributed by atoms with Crippen LogP contribution in [0.25, 0.3) is 0 Å². The standard InChI is InChI=1S/C13H13F3O3/c14-13(15,16)10-3-1-2-8(4-10)7-19-11-5-9(6-11)12(17)18/h1-4,9,11H,5-7H2,(H,17,18)/t9-,11-. The maximum Gasteiger partial charge on any atom is 0.416 e. The van der Waals surface area contributed by atoms with Crippen molar-refractivity contribution in [2.75, 3.05) is 0 Å². The van der Waals surface area contributed by atoms with E-state index in [9.17, 15) is 18.0 Å². The molecular formula is C13H13F3O3. The van der Waals surface area contributed by atoms with Crippen LogP contribution in [0.5, 0.6) is 0 Å². The van der Waals surface area contributed by atoms with E-state index in [1.165, 1.54) is 6.07 Å². The number of carbonyl (C=O) groups is 1. The zero-order valence-corrected chi connectivity index (χ0v) is 9.98. The van der Waals surface area contributed by atoms with Gasteiger partial charge in [0, 0.05) is 0 Å². The summed E-state index contributed by atoms with van der Waals surface area (Å²) >= 11 is 0. The highest BCUT2D eigenvalue weighted by Crippen LogP contribution is 2.32. The molecule has 0 aliphatic heterocycles. The molecule has 0 aromatic heterocycles. The second kappa shape index (κ2) is 5.21. The number of hydrogen-bond donors (Lipinski definition) is 1. The molecule has 1 saturated carbocycles. The lowest BCUT2D eigenvalue weighted by Gasteiger charge is -2.32. The van der Waals surface area contributed by atoms with Crippen molar-refractivity contribution < 1.29 is 27.8 Å². The lowest BCUT2D eigenvalue weighted by molar-refractivity contribution is -0.151. The fourth-order valence-electron chi connectivity index (χ4n) is 1.95. The zero-order chi connectivity index (χ0) is 14.0. The van der Waals surface area contributed by atoms with Crippen molar-refractivity contribution in [2.45, 2.75) is 31.7 Å². The predicted octanol–water partition coefficient (Wildman–Crippen LogP) is 3.09. The second-order valence-corrected chi connectivity index (χ2v) is 4.64. The molecule has 0 bridgehead atoms. The van der Waals surface area contributed by atoms with Gasteiger partial charge >= 0.3 is 12.1 Å². The summed E-state index contributed by atoms with van der Waals surface area (Å²) in [6.07, 6.45) is -3.68. The van der Waals surface area contributed by atoms with Gasteiger partial charge in [-0.05, 0) is 30.5 Å². The van der Waals surface area contributed by atoms with E-state index < -0.39 is 17.7 Å². The third-order valence-electron chi connectivity index (χ3n) is 3.18. The Hall–Kier alpha value is -1.56. The van der Waals surface area contributed by atoms with E-state index in [4.69, 9.17) is 9.84 Å². The Morgan fingerprint density at radius 2 is 2.05 bits per heavy atom. The highest BCUT2D eigenvalue weighted by atomic mass is 19.4. The van der Waals surface area contributed by atoms with E-state index >= 15 is 0 Å². The zero-order valence-electron chi connectivity index (χ0n) is 9.98. The van der Waals surface area contributed by atoms with Crippen LogP contribution in [-0.4, -0.2) is 17.2 Å². The fourth-order valence-corrected chi connectivity index (χ4v) is 1.95. The molecule has 6 heteroatoms. The summed E-state index contributed by atoms with van der Waals surface area (Å²) in [7, 11) is 0. The van der Waals surface area contributed by atoms with Crippen molar-refractivity contribution in [2.24, 2.45) is 5.92 Å². The average molecular weight is 274 g/mol. The number of halogens is 3. The quantitative estimate of drug-likeness (QED) is 0.917. The average Bonchev–Trinajstić information content (AvgIpc) is 2.25. The van der Waals surface area contributed by atoms with E-state index in [-0.39, 0.29) is 18.6 Å². The smallest absolute Gasteiger partial charge is 0.416 e. The van der Waals surface area contributed by atoms with Crippen molar-refractivity contribution in [3.63, 3.8) is 0 Å². The summed E-state index contributed by atoms with van der Waals surface area (Å²) in [5.41, 5.74) is -0.265. The number of ether oxygens (including phenoxy) is 1. The number of alkyl halides is 3. The van der Waals surface area contributed by atoms with Crippen LogP contribution in [0, 0.1) is 5.92 Å². The van der Waals surface area contributed by atoms with Crippen LogP contribution in [-0.2, 0) is 22.3 Å².